The summed E-state index contributed by atoms with van der Waals surface area (Å²) in [6.07, 6.45) is 6.61. The Bertz CT molecular complexity index is 683. The maximum absolute atomic E-state index is 13.3. The summed E-state index contributed by atoms with van der Waals surface area (Å²) < 4.78 is 13.3. The van der Waals surface area contributed by atoms with Gasteiger partial charge in [-0.1, -0.05) is 68.5 Å². The molecule has 120 valence electrons. The van der Waals surface area contributed by atoms with Crippen molar-refractivity contribution in [1.82, 2.24) is 5.32 Å². The highest BCUT2D eigenvalue weighted by molar-refractivity contribution is 5.63. The Labute approximate surface area is 138 Å². The molecule has 2 aromatic carbocycles. The van der Waals surface area contributed by atoms with Gasteiger partial charge in [0.2, 0.25) is 0 Å². The summed E-state index contributed by atoms with van der Waals surface area (Å²) in [6.45, 7) is 8.67. The molecule has 0 fully saturated rings. The van der Waals surface area contributed by atoms with Crippen molar-refractivity contribution in [1.29, 1.82) is 0 Å². The van der Waals surface area contributed by atoms with E-state index in [1.165, 1.54) is 11.6 Å². The van der Waals surface area contributed by atoms with Crippen LogP contribution in [0.3, 0.4) is 0 Å². The van der Waals surface area contributed by atoms with Crippen molar-refractivity contribution >= 4 is 11.8 Å². The van der Waals surface area contributed by atoms with Gasteiger partial charge in [0, 0.05) is 12.2 Å². The molecular weight excluding hydrogens is 285 g/mol. The van der Waals surface area contributed by atoms with Gasteiger partial charge < -0.3 is 5.32 Å². The van der Waals surface area contributed by atoms with Crippen LogP contribution in [0.5, 0.6) is 0 Å². The number of hydrogen-bond donors (Lipinski definition) is 1. The van der Waals surface area contributed by atoms with Crippen LogP contribution in [0.4, 0.5) is 4.39 Å². The van der Waals surface area contributed by atoms with Crippen molar-refractivity contribution in [2.45, 2.75) is 33.2 Å². The fourth-order valence-corrected chi connectivity index (χ4v) is 2.31. The van der Waals surface area contributed by atoms with Gasteiger partial charge in [0.1, 0.15) is 5.82 Å². The van der Waals surface area contributed by atoms with E-state index in [1.807, 2.05) is 6.07 Å². The summed E-state index contributed by atoms with van der Waals surface area (Å²) in [5.41, 5.74) is 4.85. The van der Waals surface area contributed by atoms with E-state index in [1.54, 1.807) is 13.0 Å². The van der Waals surface area contributed by atoms with Gasteiger partial charge in [-0.2, -0.15) is 0 Å². The van der Waals surface area contributed by atoms with Crippen LogP contribution < -0.4 is 5.32 Å². The minimum atomic E-state index is -0.167. The molecule has 0 atom stereocenters. The number of unbranched alkanes of at least 4 members (excludes halogenated alkanes) is 1. The molecule has 0 radical (unpaired) electrons. The average Bonchev–Trinajstić information content (AvgIpc) is 2.56. The van der Waals surface area contributed by atoms with Gasteiger partial charge in [0.05, 0.1) is 0 Å². The molecule has 1 N–H and O–H groups in total. The van der Waals surface area contributed by atoms with Crippen LogP contribution in [0.1, 0.15) is 42.0 Å². The molecule has 2 aromatic rings. The number of allylic oxidation sites excluding steroid dienone is 1. The molecule has 0 bridgehead atoms. The zero-order valence-electron chi connectivity index (χ0n) is 13.9. The lowest BCUT2D eigenvalue weighted by Crippen LogP contribution is -2.11. The van der Waals surface area contributed by atoms with Crippen molar-refractivity contribution in [2.24, 2.45) is 0 Å². The van der Waals surface area contributed by atoms with Gasteiger partial charge in [-0.3, -0.25) is 0 Å². The van der Waals surface area contributed by atoms with Gasteiger partial charge in [-0.05, 0) is 41.7 Å². The first kappa shape index (κ1) is 17.0. The molecule has 2 heteroatoms. The first-order valence-corrected chi connectivity index (χ1v) is 8.05. The maximum atomic E-state index is 13.3. The van der Waals surface area contributed by atoms with Crippen molar-refractivity contribution in [3.05, 3.63) is 83.2 Å². The summed E-state index contributed by atoms with van der Waals surface area (Å²) in [7, 11) is 0. The highest BCUT2D eigenvalue weighted by Crippen LogP contribution is 2.14. The second-order valence-electron chi connectivity index (χ2n) is 5.73. The zero-order chi connectivity index (χ0) is 16.7. The zero-order valence-corrected chi connectivity index (χ0v) is 13.9. The van der Waals surface area contributed by atoms with E-state index < -0.39 is 0 Å². The molecule has 0 heterocycles. The summed E-state index contributed by atoms with van der Waals surface area (Å²) in [5, 5.41) is 3.30. The van der Waals surface area contributed by atoms with Crippen LogP contribution in [0, 0.1) is 12.7 Å². The van der Waals surface area contributed by atoms with E-state index in [0.717, 1.165) is 29.7 Å². The molecule has 0 aliphatic heterocycles. The standard InChI is InChI=1S/C21H24FN/c1-4-5-6-7-18-8-11-20(12-9-18)17(3)23-15-19-10-13-21(22)16(2)14-19/h6-14,23H,3-5,15H2,1-2H3/b7-6+. The first-order valence-electron chi connectivity index (χ1n) is 8.05. The van der Waals surface area contributed by atoms with E-state index >= 15 is 0 Å². The molecular formula is C21H24FN. The predicted octanol–water partition coefficient (Wildman–Crippen LogP) is 5.71. The molecule has 0 aromatic heterocycles. The number of halogens is 1. The minimum absolute atomic E-state index is 0.167. The molecule has 0 amide bonds. The fourth-order valence-electron chi connectivity index (χ4n) is 2.31. The summed E-state index contributed by atoms with van der Waals surface area (Å²) in [4.78, 5) is 0. The third kappa shape index (κ3) is 5.10. The number of benzene rings is 2. The number of rotatable bonds is 7. The van der Waals surface area contributed by atoms with Crippen LogP contribution in [0.2, 0.25) is 0 Å². The van der Waals surface area contributed by atoms with Gasteiger partial charge in [-0.15, -0.1) is 0 Å². The topological polar surface area (TPSA) is 12.0 Å². The maximum Gasteiger partial charge on any atom is 0.126 e. The largest absolute Gasteiger partial charge is 0.381 e. The second-order valence-corrected chi connectivity index (χ2v) is 5.73. The lowest BCUT2D eigenvalue weighted by molar-refractivity contribution is 0.617. The summed E-state index contributed by atoms with van der Waals surface area (Å²) in [6, 6.07) is 13.5. The van der Waals surface area contributed by atoms with Crippen molar-refractivity contribution in [3.63, 3.8) is 0 Å². The molecule has 2 rings (SSSR count). The molecule has 0 spiro atoms. The van der Waals surface area contributed by atoms with E-state index in [2.05, 4.69) is 55.2 Å². The van der Waals surface area contributed by atoms with Crippen molar-refractivity contribution in [2.75, 3.05) is 0 Å². The van der Waals surface area contributed by atoms with Gasteiger partial charge in [0.25, 0.3) is 0 Å². The highest BCUT2D eigenvalue weighted by atomic mass is 19.1. The monoisotopic (exact) mass is 309 g/mol. The number of nitrogens with one attached hydrogen (secondary N) is 1. The highest BCUT2D eigenvalue weighted by Gasteiger charge is 2.01. The van der Waals surface area contributed by atoms with E-state index in [0.29, 0.717) is 12.1 Å². The van der Waals surface area contributed by atoms with Crippen LogP contribution in [0.25, 0.3) is 11.8 Å². The second kappa shape index (κ2) is 8.33. The number of aryl methyl sites for hydroxylation is 1. The lowest BCUT2D eigenvalue weighted by Gasteiger charge is -2.11. The fraction of sp³-hybridized carbons (Fsp3) is 0.238. The molecule has 0 saturated heterocycles. The predicted molar refractivity (Wildman–Crippen MR) is 97.4 cm³/mol. The quantitative estimate of drug-likeness (QED) is 0.691. The number of hydrogen-bond acceptors (Lipinski definition) is 1. The molecule has 0 unspecified atom stereocenters. The van der Waals surface area contributed by atoms with Crippen LogP contribution in [-0.4, -0.2) is 0 Å². The van der Waals surface area contributed by atoms with E-state index in [-0.39, 0.29) is 5.82 Å². The van der Waals surface area contributed by atoms with Crippen molar-refractivity contribution in [3.8, 4) is 0 Å². The van der Waals surface area contributed by atoms with E-state index in [9.17, 15) is 4.39 Å². The Kier molecular flexibility index (Phi) is 6.16. The van der Waals surface area contributed by atoms with Gasteiger partial charge in [0.15, 0.2) is 0 Å². The Morgan fingerprint density at radius 3 is 2.57 bits per heavy atom. The van der Waals surface area contributed by atoms with Crippen LogP contribution >= 0.6 is 0 Å². The Morgan fingerprint density at radius 1 is 1.17 bits per heavy atom. The Morgan fingerprint density at radius 2 is 1.91 bits per heavy atom. The Balaban J connectivity index is 1.93. The average molecular weight is 309 g/mol. The molecule has 0 aliphatic carbocycles. The molecule has 1 nitrogen and oxygen atoms in total. The normalized spacial score (nSPS) is 10.9. The summed E-state index contributed by atoms with van der Waals surface area (Å²) >= 11 is 0. The van der Waals surface area contributed by atoms with Crippen LogP contribution in [0.15, 0.2) is 55.1 Å². The van der Waals surface area contributed by atoms with Crippen LogP contribution in [-0.2, 0) is 6.54 Å². The summed E-state index contributed by atoms with van der Waals surface area (Å²) in [5.74, 6) is -0.167. The third-order valence-electron chi connectivity index (χ3n) is 3.75. The minimum Gasteiger partial charge on any atom is -0.381 e. The lowest BCUT2D eigenvalue weighted by atomic mass is 10.1. The molecule has 23 heavy (non-hydrogen) atoms. The SMILES string of the molecule is C=C(NCc1ccc(F)c(C)c1)c1ccc(/C=C/CCC)cc1. The molecule has 0 aliphatic rings. The smallest absolute Gasteiger partial charge is 0.126 e. The third-order valence-corrected chi connectivity index (χ3v) is 3.75. The van der Waals surface area contributed by atoms with Gasteiger partial charge >= 0.3 is 0 Å². The molecule has 0 saturated carbocycles. The van der Waals surface area contributed by atoms with E-state index in [4.69, 9.17) is 0 Å². The van der Waals surface area contributed by atoms with Crippen molar-refractivity contribution < 1.29 is 4.39 Å². The Hall–Kier alpha value is -2.35. The van der Waals surface area contributed by atoms with Gasteiger partial charge in [-0.25, -0.2) is 4.39 Å². The first-order chi connectivity index (χ1) is 11.1.